The molecule has 1 unspecified atom stereocenters. The Kier molecular flexibility index (Phi) is 7.16. The molecule has 0 aliphatic carbocycles. The van der Waals surface area contributed by atoms with Gasteiger partial charge in [-0.1, -0.05) is 23.2 Å². The number of anilines is 1. The van der Waals surface area contributed by atoms with Gasteiger partial charge in [-0.05, 0) is 31.5 Å². The van der Waals surface area contributed by atoms with E-state index in [9.17, 15) is 14.4 Å². The van der Waals surface area contributed by atoms with E-state index in [0.29, 0.717) is 21.5 Å². The standard InChI is InChI=1S/C16H18Cl2N2O5S/c1-9(2-3-13(21)22)19-14(23)16(25-4-5-26-16)15(24)20-12-7-10(17)6-11(18)8-12/h6-9H,2-5H2,1H3,(H,19,23)(H,20,24)(H,21,22)/t9-,16?/m0/s1. The zero-order chi connectivity index (χ0) is 19.3. The molecule has 1 saturated heterocycles. The topological polar surface area (TPSA) is 105 Å². The van der Waals surface area contributed by atoms with Gasteiger partial charge in [0.1, 0.15) is 0 Å². The first-order chi connectivity index (χ1) is 12.2. The first-order valence-electron chi connectivity index (χ1n) is 7.81. The summed E-state index contributed by atoms with van der Waals surface area (Å²) in [5.74, 6) is -1.76. The third-order valence-corrected chi connectivity index (χ3v) is 5.28. The number of benzene rings is 1. The number of aliphatic carboxylic acids is 1. The van der Waals surface area contributed by atoms with Crippen LogP contribution in [0.25, 0.3) is 0 Å². The van der Waals surface area contributed by atoms with Gasteiger partial charge in [-0.3, -0.25) is 14.4 Å². The van der Waals surface area contributed by atoms with E-state index in [2.05, 4.69) is 10.6 Å². The molecule has 1 heterocycles. The molecule has 7 nitrogen and oxygen atoms in total. The number of carboxylic acid groups (broad SMARTS) is 1. The van der Waals surface area contributed by atoms with Crippen LogP contribution in [0.4, 0.5) is 5.69 Å². The maximum atomic E-state index is 12.8. The molecule has 0 spiro atoms. The van der Waals surface area contributed by atoms with Gasteiger partial charge in [-0.15, -0.1) is 11.8 Å². The number of carboxylic acids is 1. The minimum atomic E-state index is -1.74. The van der Waals surface area contributed by atoms with Crippen LogP contribution in [-0.4, -0.2) is 46.2 Å². The smallest absolute Gasteiger partial charge is 0.303 e. The monoisotopic (exact) mass is 420 g/mol. The van der Waals surface area contributed by atoms with Crippen molar-refractivity contribution in [2.75, 3.05) is 17.7 Å². The van der Waals surface area contributed by atoms with E-state index in [1.54, 1.807) is 6.92 Å². The molecule has 2 amide bonds. The van der Waals surface area contributed by atoms with Crippen molar-refractivity contribution in [1.82, 2.24) is 5.32 Å². The first-order valence-corrected chi connectivity index (χ1v) is 9.55. The van der Waals surface area contributed by atoms with Crippen molar-refractivity contribution in [2.45, 2.75) is 30.7 Å². The second-order valence-corrected chi connectivity index (χ2v) is 7.88. The first kappa shape index (κ1) is 20.8. The van der Waals surface area contributed by atoms with Crippen LogP contribution in [0.5, 0.6) is 0 Å². The molecule has 1 aliphatic heterocycles. The quantitative estimate of drug-likeness (QED) is 0.585. The van der Waals surface area contributed by atoms with E-state index in [1.807, 2.05) is 0 Å². The van der Waals surface area contributed by atoms with E-state index in [1.165, 1.54) is 18.2 Å². The highest BCUT2D eigenvalue weighted by atomic mass is 35.5. The number of carbonyl (C=O) groups is 3. The van der Waals surface area contributed by atoms with Crippen molar-refractivity contribution in [3.63, 3.8) is 0 Å². The van der Waals surface area contributed by atoms with E-state index < -0.39 is 28.8 Å². The maximum Gasteiger partial charge on any atom is 0.303 e. The number of ether oxygens (including phenoxy) is 1. The van der Waals surface area contributed by atoms with Crippen LogP contribution in [0.2, 0.25) is 10.0 Å². The Morgan fingerprint density at radius 3 is 2.46 bits per heavy atom. The summed E-state index contributed by atoms with van der Waals surface area (Å²) in [6, 6.07) is 4.11. The van der Waals surface area contributed by atoms with Gasteiger partial charge < -0.3 is 20.5 Å². The molecule has 2 rings (SSSR count). The van der Waals surface area contributed by atoms with Crippen molar-refractivity contribution < 1.29 is 24.2 Å². The van der Waals surface area contributed by atoms with Gasteiger partial charge in [0.15, 0.2) is 0 Å². The summed E-state index contributed by atoms with van der Waals surface area (Å²) in [7, 11) is 0. The van der Waals surface area contributed by atoms with Gasteiger partial charge in [0.05, 0.1) is 6.61 Å². The van der Waals surface area contributed by atoms with Gasteiger partial charge in [-0.25, -0.2) is 0 Å². The molecule has 3 N–H and O–H groups in total. The summed E-state index contributed by atoms with van der Waals surface area (Å²) in [5, 5.41) is 14.7. The molecule has 1 aliphatic rings. The maximum absolute atomic E-state index is 12.8. The third kappa shape index (κ3) is 5.26. The Morgan fingerprint density at radius 1 is 1.27 bits per heavy atom. The Hall–Kier alpha value is -1.48. The van der Waals surface area contributed by atoms with Crippen LogP contribution in [0.1, 0.15) is 19.8 Å². The van der Waals surface area contributed by atoms with Gasteiger partial charge >= 0.3 is 5.97 Å². The van der Waals surface area contributed by atoms with E-state index in [0.717, 1.165) is 11.8 Å². The van der Waals surface area contributed by atoms with E-state index >= 15 is 0 Å². The average molecular weight is 421 g/mol. The fourth-order valence-electron chi connectivity index (χ4n) is 2.35. The van der Waals surface area contributed by atoms with Crippen LogP contribution < -0.4 is 10.6 Å². The fourth-order valence-corrected chi connectivity index (χ4v) is 3.87. The molecule has 1 aromatic carbocycles. The fraction of sp³-hybridized carbons (Fsp3) is 0.438. The third-order valence-electron chi connectivity index (χ3n) is 3.58. The van der Waals surface area contributed by atoms with Gasteiger partial charge in [0, 0.05) is 33.9 Å². The molecule has 142 valence electrons. The highest BCUT2D eigenvalue weighted by molar-refractivity contribution is 8.02. The van der Waals surface area contributed by atoms with Crippen molar-refractivity contribution in [3.05, 3.63) is 28.2 Å². The second-order valence-electron chi connectivity index (χ2n) is 5.73. The molecule has 0 bridgehead atoms. The van der Waals surface area contributed by atoms with E-state index in [4.69, 9.17) is 33.0 Å². The molecular weight excluding hydrogens is 403 g/mol. The molecule has 26 heavy (non-hydrogen) atoms. The molecular formula is C16H18Cl2N2O5S. The summed E-state index contributed by atoms with van der Waals surface area (Å²) in [6.45, 7) is 1.91. The SMILES string of the molecule is C[C@@H](CCC(=O)O)NC(=O)C1(C(=O)Nc2cc(Cl)cc(Cl)c2)OCCS1. The van der Waals surface area contributed by atoms with Crippen molar-refractivity contribution >= 4 is 58.4 Å². The highest BCUT2D eigenvalue weighted by Crippen LogP contribution is 2.35. The number of halogens is 2. The lowest BCUT2D eigenvalue weighted by molar-refractivity contribution is -0.145. The summed E-state index contributed by atoms with van der Waals surface area (Å²) in [4.78, 5) is 34.3. The van der Waals surface area contributed by atoms with Crippen LogP contribution in [0.15, 0.2) is 18.2 Å². The number of hydrogen-bond donors (Lipinski definition) is 3. The van der Waals surface area contributed by atoms with Gasteiger partial charge in [-0.2, -0.15) is 0 Å². The Labute approximate surface area is 164 Å². The van der Waals surface area contributed by atoms with Crippen LogP contribution in [0, 0.1) is 0 Å². The largest absolute Gasteiger partial charge is 0.481 e. The molecule has 2 atom stereocenters. The lowest BCUT2D eigenvalue weighted by atomic mass is 10.1. The number of rotatable bonds is 7. The Bertz CT molecular complexity index is 690. The van der Waals surface area contributed by atoms with Crippen molar-refractivity contribution in [3.8, 4) is 0 Å². The molecule has 0 radical (unpaired) electrons. The minimum absolute atomic E-state index is 0.0876. The molecule has 0 saturated carbocycles. The summed E-state index contributed by atoms with van der Waals surface area (Å²) >= 11 is 12.9. The highest BCUT2D eigenvalue weighted by Gasteiger charge is 2.51. The summed E-state index contributed by atoms with van der Waals surface area (Å²) in [5.41, 5.74) is 0.342. The molecule has 1 fully saturated rings. The molecule has 1 aromatic rings. The normalized spacial score (nSPS) is 20.4. The predicted molar refractivity (Wildman–Crippen MR) is 101 cm³/mol. The number of nitrogens with one attached hydrogen (secondary N) is 2. The van der Waals surface area contributed by atoms with Crippen LogP contribution >= 0.6 is 35.0 Å². The van der Waals surface area contributed by atoms with Crippen molar-refractivity contribution in [2.24, 2.45) is 0 Å². The Balaban J connectivity index is 2.11. The van der Waals surface area contributed by atoms with Crippen LogP contribution in [0.3, 0.4) is 0 Å². The summed E-state index contributed by atoms with van der Waals surface area (Å²) < 4.78 is 5.48. The zero-order valence-corrected chi connectivity index (χ0v) is 16.2. The predicted octanol–water partition coefficient (Wildman–Crippen LogP) is 2.76. The minimum Gasteiger partial charge on any atom is -0.481 e. The number of amides is 2. The van der Waals surface area contributed by atoms with Crippen LogP contribution in [-0.2, 0) is 19.1 Å². The average Bonchev–Trinajstić information content (AvgIpc) is 3.03. The molecule has 0 aromatic heterocycles. The van der Waals surface area contributed by atoms with Gasteiger partial charge in [0.25, 0.3) is 16.7 Å². The molecule has 10 heteroatoms. The number of carbonyl (C=O) groups excluding carboxylic acids is 2. The lowest BCUT2D eigenvalue weighted by Gasteiger charge is -2.26. The number of thioether (sulfide) groups is 1. The lowest BCUT2D eigenvalue weighted by Crippen LogP contribution is -2.54. The summed E-state index contributed by atoms with van der Waals surface area (Å²) in [6.07, 6.45) is 0.156. The van der Waals surface area contributed by atoms with E-state index in [-0.39, 0.29) is 19.4 Å². The number of hydrogen-bond acceptors (Lipinski definition) is 5. The van der Waals surface area contributed by atoms with Gasteiger partial charge in [0.2, 0.25) is 0 Å². The second kappa shape index (κ2) is 8.94. The zero-order valence-electron chi connectivity index (χ0n) is 13.9. The van der Waals surface area contributed by atoms with Crippen molar-refractivity contribution in [1.29, 1.82) is 0 Å². The Morgan fingerprint density at radius 2 is 1.92 bits per heavy atom.